The van der Waals surface area contributed by atoms with Crippen LogP contribution < -0.4 is 14.2 Å². The van der Waals surface area contributed by atoms with Crippen LogP contribution >= 0.6 is 0 Å². The van der Waals surface area contributed by atoms with Crippen LogP contribution in [0.3, 0.4) is 0 Å². The zero-order valence-electron chi connectivity index (χ0n) is 27.9. The molecule has 0 aliphatic carbocycles. The molecule has 0 aliphatic rings. The van der Waals surface area contributed by atoms with E-state index in [-0.39, 0.29) is 5.69 Å². The predicted molar refractivity (Wildman–Crippen MR) is 183 cm³/mol. The Hall–Kier alpha value is -2.76. The molecular weight excluding hydrogens is 550 g/mol. The zero-order chi connectivity index (χ0) is 31.7. The highest BCUT2D eigenvalue weighted by Crippen LogP contribution is 2.27. The number of nitro benzene ring substituents is 1. The van der Waals surface area contributed by atoms with Gasteiger partial charge in [-0.15, -0.1) is 0 Å². The molecule has 2 rings (SSSR count). The number of hydrogen-bond donors (Lipinski definition) is 0. The number of nitrogens with zero attached hydrogens (tertiary/aromatic N) is 1. The molecule has 0 bridgehead atoms. The van der Waals surface area contributed by atoms with Gasteiger partial charge < -0.3 is 14.2 Å². The van der Waals surface area contributed by atoms with Crippen LogP contribution in [0.1, 0.15) is 153 Å². The fourth-order valence-electron chi connectivity index (χ4n) is 5.44. The largest absolute Gasteiger partial charge is 0.493 e. The highest BCUT2D eigenvalue weighted by atomic mass is 16.6. The first-order chi connectivity index (χ1) is 21.5. The van der Waals surface area contributed by atoms with Crippen LogP contribution in [0.5, 0.6) is 17.2 Å². The zero-order valence-corrected chi connectivity index (χ0v) is 27.9. The second-order valence-corrected chi connectivity index (χ2v) is 12.2. The number of unbranched alkanes of at least 4 members (excludes halogenated alkanes) is 18. The third-order valence-electron chi connectivity index (χ3n) is 8.13. The van der Waals surface area contributed by atoms with Crippen molar-refractivity contribution in [2.24, 2.45) is 0 Å². The lowest BCUT2D eigenvalue weighted by Gasteiger charge is -2.14. The molecule has 0 unspecified atom stereocenters. The Labute approximate surface area is 268 Å². The average Bonchev–Trinajstić information content (AvgIpc) is 3.01. The van der Waals surface area contributed by atoms with Gasteiger partial charge >= 0.3 is 0 Å². The van der Waals surface area contributed by atoms with E-state index in [0.29, 0.717) is 31.1 Å². The van der Waals surface area contributed by atoms with Gasteiger partial charge in [-0.1, -0.05) is 129 Å². The molecule has 1 radical (unpaired) electrons. The molecule has 6 nitrogen and oxygen atoms in total. The molecule has 0 saturated heterocycles. The number of hydrogen-bond acceptors (Lipinski definition) is 5. The molecule has 0 aromatic heterocycles. The van der Waals surface area contributed by atoms with Crippen molar-refractivity contribution in [3.05, 3.63) is 64.6 Å². The van der Waals surface area contributed by atoms with E-state index in [1.165, 1.54) is 122 Å². The molecular formula is C38H60NO5. The molecule has 0 N–H and O–H groups in total. The summed E-state index contributed by atoms with van der Waals surface area (Å²) >= 11 is 0. The second kappa shape index (κ2) is 24.5. The summed E-state index contributed by atoms with van der Waals surface area (Å²) in [6, 6.07) is 10.6. The van der Waals surface area contributed by atoms with Crippen molar-refractivity contribution in [2.75, 3.05) is 13.2 Å². The van der Waals surface area contributed by atoms with E-state index in [1.54, 1.807) is 12.1 Å². The molecule has 0 saturated carbocycles. The molecule has 2 aromatic carbocycles. The minimum Gasteiger partial charge on any atom is -0.493 e. The molecule has 0 heterocycles. The summed E-state index contributed by atoms with van der Waals surface area (Å²) in [5.74, 6) is 2.13. The Morgan fingerprint density at radius 2 is 1.00 bits per heavy atom. The Morgan fingerprint density at radius 3 is 1.41 bits per heavy atom. The summed E-state index contributed by atoms with van der Waals surface area (Å²) in [6.45, 7) is 9.99. The van der Waals surface area contributed by atoms with Gasteiger partial charge in [0.25, 0.3) is 5.69 Å². The van der Waals surface area contributed by atoms with Crippen molar-refractivity contribution in [1.29, 1.82) is 0 Å². The topological polar surface area (TPSA) is 70.8 Å². The van der Waals surface area contributed by atoms with Gasteiger partial charge in [0, 0.05) is 17.7 Å². The van der Waals surface area contributed by atoms with Gasteiger partial charge in [0.05, 0.1) is 18.1 Å². The van der Waals surface area contributed by atoms with Crippen molar-refractivity contribution in [3.8, 4) is 17.2 Å². The minimum atomic E-state index is -0.431. The van der Waals surface area contributed by atoms with Crippen molar-refractivity contribution < 1.29 is 19.1 Å². The van der Waals surface area contributed by atoms with Crippen molar-refractivity contribution >= 4 is 5.69 Å². The van der Waals surface area contributed by atoms with Crippen LogP contribution in [0.2, 0.25) is 0 Å². The predicted octanol–water partition coefficient (Wildman–Crippen LogP) is 12.0. The first-order valence-electron chi connectivity index (χ1n) is 17.7. The maximum atomic E-state index is 11.1. The smallest absolute Gasteiger partial charge is 0.272 e. The molecule has 0 atom stereocenters. The minimum absolute atomic E-state index is 0.0117. The van der Waals surface area contributed by atoms with Crippen LogP contribution in [0.25, 0.3) is 0 Å². The summed E-state index contributed by atoms with van der Waals surface area (Å²) < 4.78 is 18.3. The van der Waals surface area contributed by atoms with Crippen LogP contribution in [-0.4, -0.2) is 18.1 Å². The number of ether oxygens (including phenoxy) is 3. The Kier molecular flexibility index (Phi) is 20.9. The summed E-state index contributed by atoms with van der Waals surface area (Å²) in [7, 11) is 0. The molecule has 0 fully saturated rings. The molecule has 247 valence electrons. The lowest BCUT2D eigenvalue weighted by Crippen LogP contribution is -2.03. The van der Waals surface area contributed by atoms with E-state index in [9.17, 15) is 10.1 Å². The maximum absolute atomic E-state index is 11.1. The highest BCUT2D eigenvalue weighted by Gasteiger charge is 2.11. The fourth-order valence-corrected chi connectivity index (χ4v) is 5.44. The van der Waals surface area contributed by atoms with Crippen LogP contribution in [0, 0.1) is 17.0 Å². The lowest BCUT2D eigenvalue weighted by atomic mass is 10.1. The molecule has 0 spiro atoms. The fraction of sp³-hybridized carbons (Fsp3) is 0.658. The summed E-state index contributed by atoms with van der Waals surface area (Å²) in [4.78, 5) is 10.7. The van der Waals surface area contributed by atoms with Gasteiger partial charge in [0.2, 0.25) is 0 Å². The summed E-state index contributed by atoms with van der Waals surface area (Å²) in [5, 5.41) is 11.1. The van der Waals surface area contributed by atoms with Crippen LogP contribution in [-0.2, 0) is 6.61 Å². The normalized spacial score (nSPS) is 11.1. The van der Waals surface area contributed by atoms with Gasteiger partial charge in [0.1, 0.15) is 23.9 Å². The summed E-state index contributed by atoms with van der Waals surface area (Å²) in [5.41, 5.74) is 1.26. The number of benzene rings is 2. The van der Waals surface area contributed by atoms with E-state index < -0.39 is 4.92 Å². The third kappa shape index (κ3) is 17.5. The maximum Gasteiger partial charge on any atom is 0.272 e. The first-order valence-corrected chi connectivity index (χ1v) is 17.7. The van der Waals surface area contributed by atoms with Gasteiger partial charge in [0.15, 0.2) is 0 Å². The molecule has 0 amide bonds. The van der Waals surface area contributed by atoms with Crippen molar-refractivity contribution in [2.45, 2.75) is 149 Å². The Morgan fingerprint density at radius 1 is 0.568 bits per heavy atom. The Bertz CT molecular complexity index is 980. The monoisotopic (exact) mass is 610 g/mol. The quantitative estimate of drug-likeness (QED) is 0.0544. The number of rotatable bonds is 28. The Balaban J connectivity index is 1.80. The molecule has 6 heteroatoms. The van der Waals surface area contributed by atoms with Crippen molar-refractivity contribution in [1.82, 2.24) is 0 Å². The van der Waals surface area contributed by atoms with E-state index in [1.807, 2.05) is 18.2 Å². The van der Waals surface area contributed by atoms with Gasteiger partial charge in [-0.3, -0.25) is 10.1 Å². The van der Waals surface area contributed by atoms with Gasteiger partial charge in [-0.2, -0.15) is 0 Å². The van der Waals surface area contributed by atoms with Crippen LogP contribution in [0.15, 0.2) is 36.4 Å². The summed E-state index contributed by atoms with van der Waals surface area (Å²) in [6.07, 6.45) is 25.9. The molecule has 2 aromatic rings. The standard InChI is InChI=1S/C38H60NO5/c1-4-6-8-10-12-14-16-18-20-22-26-42-36-29-34(32-44-35-24-25-38(39(40)41)33(3)28-35)30-37(31-36)43-27-23-21-19-17-15-13-11-9-7-5-2/h24-25,28-31H,3-23,26-27,32H2,1-2H3. The van der Waals surface area contributed by atoms with Gasteiger partial charge in [-0.25, -0.2) is 0 Å². The highest BCUT2D eigenvalue weighted by molar-refractivity contribution is 5.47. The number of nitro groups is 1. The average molecular weight is 611 g/mol. The molecule has 44 heavy (non-hydrogen) atoms. The SMILES string of the molecule is [CH2]c1cc(OCc2cc(OCCCCCCCCCCCC)cc(OCCCCCCCCCCCC)c2)ccc1[N+](=O)[O-]. The molecule has 0 aliphatic heterocycles. The van der Waals surface area contributed by atoms with E-state index in [2.05, 4.69) is 20.8 Å². The van der Waals surface area contributed by atoms with Gasteiger partial charge in [-0.05, 0) is 49.6 Å². The lowest BCUT2D eigenvalue weighted by molar-refractivity contribution is -0.385. The first kappa shape index (κ1) is 37.4. The van der Waals surface area contributed by atoms with E-state index in [4.69, 9.17) is 14.2 Å². The van der Waals surface area contributed by atoms with Crippen molar-refractivity contribution in [3.63, 3.8) is 0 Å². The third-order valence-corrected chi connectivity index (χ3v) is 8.13. The van der Waals surface area contributed by atoms with E-state index >= 15 is 0 Å². The van der Waals surface area contributed by atoms with E-state index in [0.717, 1.165) is 29.9 Å². The van der Waals surface area contributed by atoms with Crippen LogP contribution in [0.4, 0.5) is 5.69 Å². The second-order valence-electron chi connectivity index (χ2n) is 12.2.